The molecule has 1 fully saturated rings. The van der Waals surface area contributed by atoms with Crippen molar-refractivity contribution in [2.45, 2.75) is 82.4 Å². The molecule has 5 N–H and O–H groups in total. The van der Waals surface area contributed by atoms with Crippen LogP contribution in [-0.4, -0.2) is 76.0 Å². The largest absolute Gasteiger partial charge is 0.388 e. The standard InChI is InChI=1S/C19H32N5O7P/c1-6-19(7-2,31-32(28,29)18(3,4)27)8-11-13(25)14(26)17(30-11)24-10-23-12-15(20-5)21-9-22-16(12)24/h9-11,13-14,17,25-27H,6-8H2,1-5H3,(H,28,29)(H,20,21,22)/t11?,13-,14-,17-/m1/s1. The highest BCUT2D eigenvalue weighted by atomic mass is 31.2. The third-order valence-corrected chi connectivity index (χ3v) is 8.10. The van der Waals surface area contributed by atoms with Gasteiger partial charge in [0.25, 0.3) is 0 Å². The quantitative estimate of drug-likeness (QED) is 0.333. The van der Waals surface area contributed by atoms with Crippen LogP contribution in [0.1, 0.15) is 53.2 Å². The van der Waals surface area contributed by atoms with Crippen LogP contribution in [0.15, 0.2) is 12.7 Å². The van der Waals surface area contributed by atoms with E-state index in [2.05, 4.69) is 20.3 Å². The molecule has 0 amide bonds. The first kappa shape index (κ1) is 25.0. The Morgan fingerprint density at radius 1 is 1.22 bits per heavy atom. The molecule has 1 aliphatic heterocycles. The van der Waals surface area contributed by atoms with E-state index in [-0.39, 0.29) is 6.42 Å². The number of fused-ring (bicyclic) bond motifs is 1. The molecule has 0 radical (unpaired) electrons. The number of hydrogen-bond donors (Lipinski definition) is 5. The molecule has 5 atom stereocenters. The summed E-state index contributed by atoms with van der Waals surface area (Å²) in [5.74, 6) is 0.507. The molecule has 2 unspecified atom stereocenters. The minimum atomic E-state index is -4.41. The van der Waals surface area contributed by atoms with Crippen LogP contribution in [0.5, 0.6) is 0 Å². The van der Waals surface area contributed by atoms with Gasteiger partial charge in [-0.05, 0) is 26.7 Å². The highest BCUT2D eigenvalue weighted by Crippen LogP contribution is 2.58. The van der Waals surface area contributed by atoms with Crippen molar-refractivity contribution >= 4 is 24.6 Å². The number of nitrogens with zero attached hydrogens (tertiary/aromatic N) is 4. The van der Waals surface area contributed by atoms with Gasteiger partial charge in [-0.15, -0.1) is 0 Å². The van der Waals surface area contributed by atoms with Crippen LogP contribution in [-0.2, 0) is 13.8 Å². The van der Waals surface area contributed by atoms with Gasteiger partial charge < -0.3 is 30.3 Å². The Labute approximate surface area is 186 Å². The number of ether oxygens (including phenoxy) is 1. The Morgan fingerprint density at radius 3 is 2.44 bits per heavy atom. The number of aliphatic hydroxyl groups excluding tert-OH is 2. The average Bonchev–Trinajstić information content (AvgIpc) is 3.28. The van der Waals surface area contributed by atoms with Gasteiger partial charge in [0.15, 0.2) is 23.0 Å². The van der Waals surface area contributed by atoms with Gasteiger partial charge in [-0.1, -0.05) is 13.8 Å². The Balaban J connectivity index is 1.88. The first-order chi connectivity index (χ1) is 14.9. The fourth-order valence-corrected chi connectivity index (χ4v) is 4.88. The topological polar surface area (TPSA) is 172 Å². The summed E-state index contributed by atoms with van der Waals surface area (Å²) in [5.41, 5.74) is -0.269. The fourth-order valence-electron chi connectivity index (χ4n) is 3.79. The van der Waals surface area contributed by atoms with Crippen molar-refractivity contribution in [3.05, 3.63) is 12.7 Å². The smallest absolute Gasteiger partial charge is 0.359 e. The molecule has 3 heterocycles. The minimum Gasteiger partial charge on any atom is -0.388 e. The average molecular weight is 473 g/mol. The number of aliphatic hydroxyl groups is 3. The summed E-state index contributed by atoms with van der Waals surface area (Å²) in [6.45, 7) is 5.97. The zero-order valence-electron chi connectivity index (χ0n) is 18.8. The second kappa shape index (κ2) is 8.94. The van der Waals surface area contributed by atoms with Crippen LogP contribution in [0, 0.1) is 0 Å². The van der Waals surface area contributed by atoms with Crippen molar-refractivity contribution in [3.8, 4) is 0 Å². The summed E-state index contributed by atoms with van der Waals surface area (Å²) < 4.78 is 25.8. The van der Waals surface area contributed by atoms with Crippen LogP contribution < -0.4 is 5.32 Å². The van der Waals surface area contributed by atoms with Gasteiger partial charge in [0.1, 0.15) is 24.1 Å². The van der Waals surface area contributed by atoms with Gasteiger partial charge >= 0.3 is 7.60 Å². The number of rotatable bonds is 9. The van der Waals surface area contributed by atoms with Crippen LogP contribution >= 0.6 is 7.60 Å². The zero-order chi connectivity index (χ0) is 23.9. The molecular weight excluding hydrogens is 441 g/mol. The molecule has 0 aliphatic carbocycles. The van der Waals surface area contributed by atoms with Crippen molar-refractivity contribution in [2.75, 3.05) is 12.4 Å². The van der Waals surface area contributed by atoms with E-state index in [1.54, 1.807) is 20.9 Å². The molecule has 0 saturated carbocycles. The Bertz CT molecular complexity index is 990. The number of hydrogen-bond acceptors (Lipinski definition) is 10. The van der Waals surface area contributed by atoms with Gasteiger partial charge in [0.05, 0.1) is 18.0 Å². The molecule has 0 aromatic carbocycles. The van der Waals surface area contributed by atoms with E-state index < -0.39 is 43.1 Å². The van der Waals surface area contributed by atoms with Crippen LogP contribution in [0.25, 0.3) is 11.2 Å². The number of anilines is 1. The predicted molar refractivity (Wildman–Crippen MR) is 116 cm³/mol. The molecule has 2 aromatic rings. The summed E-state index contributed by atoms with van der Waals surface area (Å²) >= 11 is 0. The van der Waals surface area contributed by atoms with Gasteiger partial charge in [-0.3, -0.25) is 13.7 Å². The number of nitrogens with one attached hydrogen (secondary N) is 1. The molecule has 13 heteroatoms. The predicted octanol–water partition coefficient (Wildman–Crippen LogP) is 1.37. The molecule has 2 aromatic heterocycles. The lowest BCUT2D eigenvalue weighted by Gasteiger charge is -2.38. The first-order valence-electron chi connectivity index (χ1n) is 10.5. The summed E-state index contributed by atoms with van der Waals surface area (Å²) in [5, 5.41) is 32.5. The van der Waals surface area contributed by atoms with Crippen LogP contribution in [0.3, 0.4) is 0 Å². The molecular formula is C19H32N5O7P. The van der Waals surface area contributed by atoms with Gasteiger partial charge in [0.2, 0.25) is 0 Å². The maximum absolute atomic E-state index is 12.6. The van der Waals surface area contributed by atoms with Gasteiger partial charge in [-0.2, -0.15) is 0 Å². The SMILES string of the molecule is CCC(CC)(CC1O[C@@H](n2cnc3c(NC)ncnc32)[C@H](O)[C@@H]1O)OP(=O)(O)C(C)(C)O. The second-order valence-electron chi connectivity index (χ2n) is 8.54. The fraction of sp³-hybridized carbons (Fsp3) is 0.737. The summed E-state index contributed by atoms with van der Waals surface area (Å²) in [6.07, 6.45) is -1.00. The van der Waals surface area contributed by atoms with E-state index in [1.165, 1.54) is 31.1 Å². The zero-order valence-corrected chi connectivity index (χ0v) is 19.7. The van der Waals surface area contributed by atoms with Crippen molar-refractivity contribution < 1.29 is 34.0 Å². The van der Waals surface area contributed by atoms with Crippen LogP contribution in [0.2, 0.25) is 0 Å². The first-order valence-corrected chi connectivity index (χ1v) is 12.1. The van der Waals surface area contributed by atoms with Crippen LogP contribution in [0.4, 0.5) is 5.82 Å². The van der Waals surface area contributed by atoms with E-state index in [0.717, 1.165) is 0 Å². The molecule has 1 saturated heterocycles. The highest BCUT2D eigenvalue weighted by molar-refractivity contribution is 7.54. The van der Waals surface area contributed by atoms with Crippen molar-refractivity contribution in [1.82, 2.24) is 19.5 Å². The van der Waals surface area contributed by atoms with E-state index in [4.69, 9.17) is 9.26 Å². The molecule has 180 valence electrons. The minimum absolute atomic E-state index is 0.0265. The van der Waals surface area contributed by atoms with E-state index in [1.807, 2.05) is 0 Å². The third-order valence-electron chi connectivity index (χ3n) is 6.08. The Morgan fingerprint density at radius 2 is 1.88 bits per heavy atom. The van der Waals surface area contributed by atoms with Crippen molar-refractivity contribution in [1.29, 1.82) is 0 Å². The Hall–Kier alpha value is -1.66. The number of imidazole rings is 1. The van der Waals surface area contributed by atoms with Gasteiger partial charge in [0, 0.05) is 13.5 Å². The molecule has 12 nitrogen and oxygen atoms in total. The van der Waals surface area contributed by atoms with E-state index in [0.29, 0.717) is 29.8 Å². The van der Waals surface area contributed by atoms with Gasteiger partial charge in [-0.25, -0.2) is 15.0 Å². The molecule has 32 heavy (non-hydrogen) atoms. The molecule has 0 bridgehead atoms. The van der Waals surface area contributed by atoms with Crippen molar-refractivity contribution in [3.63, 3.8) is 0 Å². The third kappa shape index (κ3) is 4.41. The molecule has 1 aliphatic rings. The van der Waals surface area contributed by atoms with E-state index >= 15 is 0 Å². The lowest BCUT2D eigenvalue weighted by molar-refractivity contribution is -0.0747. The molecule has 0 spiro atoms. The summed E-state index contributed by atoms with van der Waals surface area (Å²) in [6, 6.07) is 0. The summed E-state index contributed by atoms with van der Waals surface area (Å²) in [7, 11) is -2.71. The lowest BCUT2D eigenvalue weighted by Crippen LogP contribution is -2.41. The highest BCUT2D eigenvalue weighted by Gasteiger charge is 2.51. The lowest BCUT2D eigenvalue weighted by atomic mass is 9.88. The second-order valence-corrected chi connectivity index (χ2v) is 10.9. The monoisotopic (exact) mass is 473 g/mol. The normalized spacial score (nSPS) is 26.4. The summed E-state index contributed by atoms with van der Waals surface area (Å²) in [4.78, 5) is 22.9. The van der Waals surface area contributed by atoms with Crippen molar-refractivity contribution in [2.24, 2.45) is 0 Å². The number of aromatic nitrogens is 4. The Kier molecular flexibility index (Phi) is 6.98. The maximum Gasteiger partial charge on any atom is 0.359 e. The molecule has 3 rings (SSSR count). The maximum atomic E-state index is 12.6. The van der Waals surface area contributed by atoms with E-state index in [9.17, 15) is 24.8 Å².